The summed E-state index contributed by atoms with van der Waals surface area (Å²) in [5.41, 5.74) is 1.19. The Hall–Kier alpha value is -2.80. The average Bonchev–Trinajstić information content (AvgIpc) is 2.55. The van der Waals surface area contributed by atoms with Crippen molar-refractivity contribution in [3.05, 3.63) is 52.7 Å². The van der Waals surface area contributed by atoms with Crippen molar-refractivity contribution < 1.29 is 19.4 Å². The number of aliphatic carboxylic acids is 1. The number of benzene rings is 1. The van der Waals surface area contributed by atoms with Crippen LogP contribution in [-0.4, -0.2) is 28.7 Å². The van der Waals surface area contributed by atoms with Crippen LogP contribution in [0.2, 0.25) is 5.02 Å². The minimum atomic E-state index is -0.982. The van der Waals surface area contributed by atoms with Gasteiger partial charge in [-0.1, -0.05) is 29.8 Å². The van der Waals surface area contributed by atoms with Crippen molar-refractivity contribution in [2.75, 3.05) is 11.9 Å². The zero-order chi connectivity index (χ0) is 17.8. The van der Waals surface area contributed by atoms with Crippen LogP contribution in [-0.2, 0) is 11.2 Å². The van der Waals surface area contributed by atoms with E-state index in [1.165, 1.54) is 0 Å². The zero-order valence-corrected chi connectivity index (χ0v) is 13.9. The Kier molecular flexibility index (Phi) is 5.04. The summed E-state index contributed by atoms with van der Waals surface area (Å²) in [6.45, 7) is 0.452. The number of carboxylic acids is 1. The molecular formula is C17H16ClN3O4. The molecule has 7 nitrogen and oxygen atoms in total. The van der Waals surface area contributed by atoms with E-state index in [9.17, 15) is 9.59 Å². The van der Waals surface area contributed by atoms with Crippen molar-refractivity contribution in [3.8, 4) is 5.75 Å². The first-order valence-corrected chi connectivity index (χ1v) is 8.07. The minimum absolute atomic E-state index is 0.205. The van der Waals surface area contributed by atoms with Gasteiger partial charge in [-0.15, -0.1) is 0 Å². The fourth-order valence-electron chi connectivity index (χ4n) is 2.65. The third-order valence-corrected chi connectivity index (χ3v) is 4.01. The molecule has 1 aromatic carbocycles. The van der Waals surface area contributed by atoms with Crippen LogP contribution in [0.25, 0.3) is 0 Å². The number of pyridine rings is 1. The monoisotopic (exact) mass is 361 g/mol. The third-order valence-electron chi connectivity index (χ3n) is 3.71. The van der Waals surface area contributed by atoms with Gasteiger partial charge in [-0.25, -0.2) is 9.78 Å². The van der Waals surface area contributed by atoms with Gasteiger partial charge < -0.3 is 15.2 Å². The quantitative estimate of drug-likeness (QED) is 0.777. The number of nitrogens with zero attached hydrogens (tertiary/aromatic N) is 1. The third kappa shape index (κ3) is 4.19. The van der Waals surface area contributed by atoms with Gasteiger partial charge in [0.25, 0.3) is 0 Å². The lowest BCUT2D eigenvalue weighted by Gasteiger charge is -2.27. The maximum absolute atomic E-state index is 12.3. The van der Waals surface area contributed by atoms with Crippen molar-refractivity contribution in [2.45, 2.75) is 18.9 Å². The summed E-state index contributed by atoms with van der Waals surface area (Å²) >= 11 is 6.12. The smallest absolute Gasteiger partial charge is 0.320 e. The topological polar surface area (TPSA) is 101 Å². The van der Waals surface area contributed by atoms with Gasteiger partial charge in [-0.05, 0) is 18.2 Å². The summed E-state index contributed by atoms with van der Waals surface area (Å²) in [5, 5.41) is 14.8. The molecule has 0 unspecified atom stereocenters. The number of carbonyl (C=O) groups excluding carboxylic acids is 1. The molecule has 0 saturated carbocycles. The molecule has 1 atom stereocenters. The second kappa shape index (κ2) is 7.40. The van der Waals surface area contributed by atoms with Gasteiger partial charge in [0.15, 0.2) is 0 Å². The van der Waals surface area contributed by atoms with Crippen LogP contribution in [0.1, 0.15) is 23.7 Å². The highest BCUT2D eigenvalue weighted by Crippen LogP contribution is 2.37. The van der Waals surface area contributed by atoms with Crippen LogP contribution >= 0.6 is 11.6 Å². The normalized spacial score (nSPS) is 15.6. The highest BCUT2D eigenvalue weighted by atomic mass is 35.5. The number of nitrogens with one attached hydrogen (secondary N) is 2. The van der Waals surface area contributed by atoms with Gasteiger partial charge in [-0.3, -0.25) is 10.1 Å². The van der Waals surface area contributed by atoms with E-state index >= 15 is 0 Å². The largest absolute Gasteiger partial charge is 0.492 e. The lowest BCUT2D eigenvalue weighted by molar-refractivity contribution is -0.136. The minimum Gasteiger partial charge on any atom is -0.492 e. The van der Waals surface area contributed by atoms with E-state index in [0.717, 1.165) is 5.56 Å². The number of anilines is 1. The number of carbonyl (C=O) groups is 2. The molecule has 2 amide bonds. The maximum atomic E-state index is 12.3. The lowest BCUT2D eigenvalue weighted by Crippen LogP contribution is -2.35. The van der Waals surface area contributed by atoms with E-state index in [-0.39, 0.29) is 18.3 Å². The fourth-order valence-corrected chi connectivity index (χ4v) is 2.89. The van der Waals surface area contributed by atoms with Crippen molar-refractivity contribution in [2.24, 2.45) is 0 Å². The second-order valence-corrected chi connectivity index (χ2v) is 5.94. The van der Waals surface area contributed by atoms with E-state index in [2.05, 4.69) is 15.6 Å². The Morgan fingerprint density at radius 1 is 1.28 bits per heavy atom. The molecule has 2 heterocycles. The van der Waals surface area contributed by atoms with E-state index in [4.69, 9.17) is 21.4 Å². The highest BCUT2D eigenvalue weighted by Gasteiger charge is 2.24. The number of para-hydroxylation sites is 1. The summed E-state index contributed by atoms with van der Waals surface area (Å²) in [6.07, 6.45) is 0.413. The number of hydrogen-bond acceptors (Lipinski definition) is 4. The summed E-state index contributed by atoms with van der Waals surface area (Å²) < 4.78 is 5.57. The van der Waals surface area contributed by atoms with Crippen LogP contribution in [0, 0.1) is 0 Å². The van der Waals surface area contributed by atoms with Crippen molar-refractivity contribution in [1.29, 1.82) is 0 Å². The van der Waals surface area contributed by atoms with Gasteiger partial charge in [0.1, 0.15) is 11.6 Å². The van der Waals surface area contributed by atoms with Crippen LogP contribution in [0.3, 0.4) is 0 Å². The van der Waals surface area contributed by atoms with E-state index in [1.807, 2.05) is 6.07 Å². The molecule has 0 bridgehead atoms. The number of amides is 2. The molecule has 0 spiro atoms. The lowest BCUT2D eigenvalue weighted by atomic mass is 10.0. The summed E-state index contributed by atoms with van der Waals surface area (Å²) in [5.74, 6) is -0.110. The number of fused-ring (bicyclic) bond motifs is 1. The van der Waals surface area contributed by atoms with E-state index in [0.29, 0.717) is 29.5 Å². The Balaban J connectivity index is 1.68. The van der Waals surface area contributed by atoms with Crippen LogP contribution in [0.5, 0.6) is 5.75 Å². The van der Waals surface area contributed by atoms with E-state index < -0.39 is 12.0 Å². The molecule has 3 rings (SSSR count). The number of aromatic nitrogens is 1. The van der Waals surface area contributed by atoms with Gasteiger partial charge in [0.05, 0.1) is 29.8 Å². The summed E-state index contributed by atoms with van der Waals surface area (Å²) in [7, 11) is 0. The highest BCUT2D eigenvalue weighted by molar-refractivity contribution is 6.32. The average molecular weight is 362 g/mol. The Labute approximate surface area is 149 Å². The molecule has 2 aromatic rings. The predicted molar refractivity (Wildman–Crippen MR) is 92.0 cm³/mol. The standard InChI is InChI=1S/C17H16ClN3O4/c18-12-5-2-4-11-13(7-8-25-16(11)12)20-17(24)21-14-6-1-3-10(19-14)9-15(22)23/h1-6,13H,7-9H2,(H,22,23)(H2,19,20,21,24)/t13-/m0/s1. The number of hydrogen-bond donors (Lipinski definition) is 3. The van der Waals surface area contributed by atoms with Crippen molar-refractivity contribution >= 4 is 29.4 Å². The fraction of sp³-hybridized carbons (Fsp3) is 0.235. The molecule has 1 aliphatic heterocycles. The molecular weight excluding hydrogens is 346 g/mol. The van der Waals surface area contributed by atoms with Crippen LogP contribution in [0.4, 0.5) is 10.6 Å². The Bertz CT molecular complexity index is 812. The second-order valence-electron chi connectivity index (χ2n) is 5.53. The molecule has 3 N–H and O–H groups in total. The summed E-state index contributed by atoms with van der Waals surface area (Å²) in [6, 6.07) is 9.57. The van der Waals surface area contributed by atoms with Gasteiger partial charge in [-0.2, -0.15) is 0 Å². The number of halogens is 1. The first-order valence-electron chi connectivity index (χ1n) is 7.69. The van der Waals surface area contributed by atoms with Crippen LogP contribution < -0.4 is 15.4 Å². The molecule has 0 saturated heterocycles. The molecule has 1 aliphatic rings. The number of ether oxygens (including phenoxy) is 1. The number of rotatable bonds is 4. The number of urea groups is 1. The predicted octanol–water partition coefficient (Wildman–Crippen LogP) is 3.01. The van der Waals surface area contributed by atoms with Gasteiger partial charge in [0, 0.05) is 12.0 Å². The van der Waals surface area contributed by atoms with E-state index in [1.54, 1.807) is 30.3 Å². The number of carboxylic acid groups (broad SMARTS) is 1. The Morgan fingerprint density at radius 2 is 2.08 bits per heavy atom. The first kappa shape index (κ1) is 17.0. The molecule has 25 heavy (non-hydrogen) atoms. The van der Waals surface area contributed by atoms with Gasteiger partial charge in [0.2, 0.25) is 0 Å². The molecule has 0 radical (unpaired) electrons. The summed E-state index contributed by atoms with van der Waals surface area (Å²) in [4.78, 5) is 27.1. The first-order chi connectivity index (χ1) is 12.0. The van der Waals surface area contributed by atoms with Crippen LogP contribution in [0.15, 0.2) is 36.4 Å². The van der Waals surface area contributed by atoms with Crippen molar-refractivity contribution in [1.82, 2.24) is 10.3 Å². The molecule has 1 aromatic heterocycles. The van der Waals surface area contributed by atoms with Crippen molar-refractivity contribution in [3.63, 3.8) is 0 Å². The maximum Gasteiger partial charge on any atom is 0.320 e. The molecule has 0 aliphatic carbocycles. The molecule has 130 valence electrons. The Morgan fingerprint density at radius 3 is 2.88 bits per heavy atom. The SMILES string of the molecule is O=C(O)Cc1cccc(NC(=O)N[C@H]2CCOc3c(Cl)cccc32)n1. The molecule has 0 fully saturated rings. The molecule has 8 heteroatoms. The zero-order valence-electron chi connectivity index (χ0n) is 13.2. The van der Waals surface area contributed by atoms with Gasteiger partial charge >= 0.3 is 12.0 Å².